The molecule has 1 N–H and O–H groups in total. The van der Waals surface area contributed by atoms with Gasteiger partial charge in [0.05, 0.1) is 10.5 Å². The van der Waals surface area contributed by atoms with E-state index in [1.54, 1.807) is 52.0 Å². The minimum atomic E-state index is -3.72. The van der Waals surface area contributed by atoms with Gasteiger partial charge in [0.25, 0.3) is 5.91 Å². The third kappa shape index (κ3) is 5.38. The summed E-state index contributed by atoms with van der Waals surface area (Å²) in [7, 11) is -3.72. The summed E-state index contributed by atoms with van der Waals surface area (Å²) in [6, 6.07) is 9.37. The Morgan fingerprint density at radius 1 is 1.10 bits per heavy atom. The number of benzene rings is 2. The van der Waals surface area contributed by atoms with E-state index >= 15 is 0 Å². The van der Waals surface area contributed by atoms with Crippen molar-refractivity contribution in [3.8, 4) is 0 Å². The van der Waals surface area contributed by atoms with E-state index in [9.17, 15) is 18.0 Å². The fourth-order valence-corrected chi connectivity index (χ4v) is 4.49. The molecular formula is C21H25ClN2O5S. The Hall–Kier alpha value is -2.42. The number of ether oxygens (including phenoxy) is 1. The maximum atomic E-state index is 12.7. The molecule has 0 saturated carbocycles. The van der Waals surface area contributed by atoms with Crippen LogP contribution in [0.2, 0.25) is 5.02 Å². The number of esters is 1. The lowest BCUT2D eigenvalue weighted by Gasteiger charge is -2.19. The molecule has 0 aliphatic heterocycles. The number of amides is 1. The zero-order valence-corrected chi connectivity index (χ0v) is 18.9. The maximum Gasteiger partial charge on any atom is 0.338 e. The molecule has 0 aromatic heterocycles. The summed E-state index contributed by atoms with van der Waals surface area (Å²) in [4.78, 5) is 24.7. The molecule has 0 aliphatic rings. The van der Waals surface area contributed by atoms with E-state index in [1.807, 2.05) is 0 Å². The van der Waals surface area contributed by atoms with E-state index in [2.05, 4.69) is 5.32 Å². The average molecular weight is 453 g/mol. The molecule has 162 valence electrons. The summed E-state index contributed by atoms with van der Waals surface area (Å²) >= 11 is 6.03. The number of hydrogen-bond donors (Lipinski definition) is 1. The van der Waals surface area contributed by atoms with Crippen LogP contribution < -0.4 is 5.32 Å². The molecule has 2 aromatic rings. The number of nitrogens with one attached hydrogen (secondary N) is 1. The lowest BCUT2D eigenvalue weighted by Crippen LogP contribution is -2.30. The van der Waals surface area contributed by atoms with E-state index < -0.39 is 28.5 Å². The first-order valence-electron chi connectivity index (χ1n) is 9.44. The summed E-state index contributed by atoms with van der Waals surface area (Å²) in [5.74, 6) is -1.31. The Bertz CT molecular complexity index is 1050. The summed E-state index contributed by atoms with van der Waals surface area (Å²) < 4.78 is 31.8. The van der Waals surface area contributed by atoms with Crippen LogP contribution in [0, 0.1) is 13.8 Å². The highest BCUT2D eigenvalue weighted by molar-refractivity contribution is 7.89. The highest BCUT2D eigenvalue weighted by atomic mass is 35.5. The normalized spacial score (nSPS) is 11.4. The smallest absolute Gasteiger partial charge is 0.338 e. The molecule has 9 heteroatoms. The van der Waals surface area contributed by atoms with Crippen molar-refractivity contribution < 1.29 is 22.7 Å². The second-order valence-corrected chi connectivity index (χ2v) is 8.95. The molecule has 0 bridgehead atoms. The lowest BCUT2D eigenvalue weighted by atomic mass is 10.1. The minimum Gasteiger partial charge on any atom is -0.452 e. The van der Waals surface area contributed by atoms with Crippen molar-refractivity contribution >= 4 is 39.2 Å². The molecule has 30 heavy (non-hydrogen) atoms. The van der Waals surface area contributed by atoms with Gasteiger partial charge in [-0.2, -0.15) is 4.31 Å². The van der Waals surface area contributed by atoms with Gasteiger partial charge in [-0.1, -0.05) is 37.6 Å². The van der Waals surface area contributed by atoms with Crippen LogP contribution >= 0.6 is 11.6 Å². The number of halogens is 1. The summed E-state index contributed by atoms with van der Waals surface area (Å²) in [5.41, 5.74) is 1.86. The average Bonchev–Trinajstić information content (AvgIpc) is 2.70. The number of anilines is 1. The first-order chi connectivity index (χ1) is 14.1. The molecule has 0 aliphatic carbocycles. The van der Waals surface area contributed by atoms with Gasteiger partial charge < -0.3 is 10.1 Å². The standard InChI is InChI=1S/C21H25ClN2O5S/c1-5-24(6-2)30(27,28)16-11-10-14(3)17(12-16)21(26)29-13-20(25)23-19-9-7-8-18(22)15(19)4/h7-12H,5-6,13H2,1-4H3,(H,23,25). The van der Waals surface area contributed by atoms with Gasteiger partial charge in [0, 0.05) is 23.8 Å². The molecule has 1 amide bonds. The SMILES string of the molecule is CCN(CC)S(=O)(=O)c1ccc(C)c(C(=O)OCC(=O)Nc2cccc(Cl)c2C)c1. The van der Waals surface area contributed by atoms with Gasteiger partial charge in [0.15, 0.2) is 6.61 Å². The largest absolute Gasteiger partial charge is 0.452 e. The monoisotopic (exact) mass is 452 g/mol. The van der Waals surface area contributed by atoms with Gasteiger partial charge in [0.2, 0.25) is 10.0 Å². The predicted molar refractivity (Wildman–Crippen MR) is 116 cm³/mol. The minimum absolute atomic E-state index is 0.00255. The number of carbonyl (C=O) groups is 2. The zero-order valence-electron chi connectivity index (χ0n) is 17.4. The summed E-state index contributed by atoms with van der Waals surface area (Å²) in [5, 5.41) is 3.14. The first kappa shape index (κ1) is 23.9. The molecule has 0 heterocycles. The Kier molecular flexibility index (Phi) is 8.00. The van der Waals surface area contributed by atoms with E-state index in [4.69, 9.17) is 16.3 Å². The number of nitrogens with zero attached hydrogens (tertiary/aromatic N) is 1. The molecule has 2 rings (SSSR count). The highest BCUT2D eigenvalue weighted by Crippen LogP contribution is 2.23. The van der Waals surface area contributed by atoms with Crippen LogP contribution in [0.15, 0.2) is 41.3 Å². The van der Waals surface area contributed by atoms with Crippen LogP contribution in [0.3, 0.4) is 0 Å². The number of sulfonamides is 1. The lowest BCUT2D eigenvalue weighted by molar-refractivity contribution is -0.119. The van der Waals surface area contributed by atoms with Crippen LogP contribution in [-0.2, 0) is 19.6 Å². The van der Waals surface area contributed by atoms with E-state index in [0.717, 1.165) is 0 Å². The molecule has 0 unspecified atom stereocenters. The molecule has 0 saturated heterocycles. The molecule has 2 aromatic carbocycles. The molecule has 0 atom stereocenters. The van der Waals surface area contributed by atoms with Gasteiger partial charge in [-0.15, -0.1) is 0 Å². The molecule has 7 nitrogen and oxygen atoms in total. The summed E-state index contributed by atoms with van der Waals surface area (Å²) in [6.45, 7) is 7.02. The van der Waals surface area contributed by atoms with Crippen molar-refractivity contribution in [2.45, 2.75) is 32.6 Å². The third-order valence-corrected chi connectivity index (χ3v) is 7.10. The van der Waals surface area contributed by atoms with Crippen molar-refractivity contribution in [1.29, 1.82) is 0 Å². The predicted octanol–water partition coefficient (Wildman–Crippen LogP) is 3.78. The molecule has 0 radical (unpaired) electrons. The van der Waals surface area contributed by atoms with Crippen molar-refractivity contribution in [3.63, 3.8) is 0 Å². The Morgan fingerprint density at radius 2 is 1.77 bits per heavy atom. The quantitative estimate of drug-likeness (QED) is 0.615. The van der Waals surface area contributed by atoms with Gasteiger partial charge in [-0.05, 0) is 49.2 Å². The van der Waals surface area contributed by atoms with Crippen LogP contribution in [0.25, 0.3) is 0 Å². The van der Waals surface area contributed by atoms with Crippen molar-refractivity contribution in [2.24, 2.45) is 0 Å². The van der Waals surface area contributed by atoms with Crippen LogP contribution in [0.4, 0.5) is 5.69 Å². The Labute approximate surface area is 182 Å². The topological polar surface area (TPSA) is 92.8 Å². The van der Waals surface area contributed by atoms with Gasteiger partial charge in [-0.25, -0.2) is 13.2 Å². The van der Waals surface area contributed by atoms with E-state index in [-0.39, 0.29) is 10.5 Å². The third-order valence-electron chi connectivity index (χ3n) is 4.65. The maximum absolute atomic E-state index is 12.7. The zero-order chi connectivity index (χ0) is 22.5. The highest BCUT2D eigenvalue weighted by Gasteiger charge is 2.24. The van der Waals surface area contributed by atoms with Crippen molar-refractivity contribution in [1.82, 2.24) is 4.31 Å². The van der Waals surface area contributed by atoms with Crippen LogP contribution in [-0.4, -0.2) is 44.3 Å². The number of aryl methyl sites for hydroxylation is 1. The van der Waals surface area contributed by atoms with E-state index in [1.165, 1.54) is 16.4 Å². The number of rotatable bonds is 8. The number of hydrogen-bond acceptors (Lipinski definition) is 5. The second kappa shape index (κ2) is 10.1. The van der Waals surface area contributed by atoms with Crippen LogP contribution in [0.5, 0.6) is 0 Å². The van der Waals surface area contributed by atoms with Gasteiger partial charge in [0.1, 0.15) is 0 Å². The summed E-state index contributed by atoms with van der Waals surface area (Å²) in [6.07, 6.45) is 0. The van der Waals surface area contributed by atoms with Crippen molar-refractivity contribution in [2.75, 3.05) is 25.0 Å². The second-order valence-electron chi connectivity index (χ2n) is 6.60. The van der Waals surface area contributed by atoms with Crippen molar-refractivity contribution in [3.05, 3.63) is 58.1 Å². The Morgan fingerprint density at radius 3 is 2.40 bits per heavy atom. The first-order valence-corrected chi connectivity index (χ1v) is 11.3. The van der Waals surface area contributed by atoms with Gasteiger partial charge >= 0.3 is 5.97 Å². The number of carbonyl (C=O) groups excluding carboxylic acids is 2. The van der Waals surface area contributed by atoms with E-state index in [0.29, 0.717) is 34.9 Å². The molecule has 0 fully saturated rings. The fourth-order valence-electron chi connectivity index (χ4n) is 2.83. The Balaban J connectivity index is 2.13. The molecular weight excluding hydrogens is 428 g/mol. The fraction of sp³-hybridized carbons (Fsp3) is 0.333. The van der Waals surface area contributed by atoms with Gasteiger partial charge in [-0.3, -0.25) is 4.79 Å². The van der Waals surface area contributed by atoms with Crippen LogP contribution in [0.1, 0.15) is 35.3 Å². The molecule has 0 spiro atoms.